The molecule has 2 aliphatic heterocycles. The fourth-order valence-electron chi connectivity index (χ4n) is 3.15. The predicted molar refractivity (Wildman–Crippen MR) is 86.4 cm³/mol. The van der Waals surface area contributed by atoms with Gasteiger partial charge in [0, 0.05) is 43.9 Å². The highest BCUT2D eigenvalue weighted by molar-refractivity contribution is 7.88. The zero-order valence-electron chi connectivity index (χ0n) is 12.7. The van der Waals surface area contributed by atoms with Crippen molar-refractivity contribution in [1.29, 1.82) is 0 Å². The zero-order chi connectivity index (χ0) is 16.4. The average Bonchev–Trinajstić information content (AvgIpc) is 3.18. The monoisotopic (exact) mass is 337 g/mol. The van der Waals surface area contributed by atoms with Gasteiger partial charge in [0.05, 0.1) is 10.7 Å². The van der Waals surface area contributed by atoms with E-state index in [0.717, 1.165) is 19.5 Å². The van der Waals surface area contributed by atoms with Gasteiger partial charge in [0.15, 0.2) is 0 Å². The third-order valence-electron chi connectivity index (χ3n) is 4.41. The molecule has 1 fully saturated rings. The van der Waals surface area contributed by atoms with E-state index < -0.39 is 14.9 Å². The van der Waals surface area contributed by atoms with Crippen LogP contribution in [-0.2, 0) is 15.8 Å². The van der Waals surface area contributed by atoms with Gasteiger partial charge in [-0.2, -0.15) is 0 Å². The standard InChI is InChI=1S/C15H19N3O4S/c19-18(20)15-6-2-1-5-13(15)12-23(21,22)17-10-7-14(11-17)16-8-3-4-9-16/h1-6,14H,7-12H2/t14-/m1/s1. The van der Waals surface area contributed by atoms with Crippen LogP contribution in [0, 0.1) is 10.1 Å². The predicted octanol–water partition coefficient (Wildman–Crippen LogP) is 1.37. The summed E-state index contributed by atoms with van der Waals surface area (Å²) in [5.74, 6) is -0.324. The molecule has 0 radical (unpaired) electrons. The van der Waals surface area contributed by atoms with E-state index in [2.05, 4.69) is 17.1 Å². The van der Waals surface area contributed by atoms with Crippen molar-refractivity contribution in [3.63, 3.8) is 0 Å². The Balaban J connectivity index is 1.72. The van der Waals surface area contributed by atoms with Crippen molar-refractivity contribution in [1.82, 2.24) is 9.21 Å². The molecular formula is C15H19N3O4S. The van der Waals surface area contributed by atoms with E-state index >= 15 is 0 Å². The second-order valence-electron chi connectivity index (χ2n) is 5.87. The van der Waals surface area contributed by atoms with Gasteiger partial charge in [-0.15, -0.1) is 0 Å². The van der Waals surface area contributed by atoms with E-state index in [-0.39, 0.29) is 23.0 Å². The van der Waals surface area contributed by atoms with Crippen LogP contribution >= 0.6 is 0 Å². The summed E-state index contributed by atoms with van der Waals surface area (Å²) in [4.78, 5) is 12.8. The van der Waals surface area contributed by atoms with Crippen molar-refractivity contribution in [2.24, 2.45) is 0 Å². The topological polar surface area (TPSA) is 83.8 Å². The molecule has 2 aliphatic rings. The van der Waals surface area contributed by atoms with Crippen molar-refractivity contribution < 1.29 is 13.3 Å². The van der Waals surface area contributed by atoms with Crippen molar-refractivity contribution in [2.75, 3.05) is 26.2 Å². The van der Waals surface area contributed by atoms with Crippen molar-refractivity contribution in [2.45, 2.75) is 18.2 Å². The zero-order valence-corrected chi connectivity index (χ0v) is 13.5. The van der Waals surface area contributed by atoms with E-state index in [9.17, 15) is 18.5 Å². The van der Waals surface area contributed by atoms with E-state index in [0.29, 0.717) is 13.1 Å². The van der Waals surface area contributed by atoms with Gasteiger partial charge >= 0.3 is 0 Å². The van der Waals surface area contributed by atoms with E-state index in [1.165, 1.54) is 16.4 Å². The second-order valence-corrected chi connectivity index (χ2v) is 7.84. The molecule has 0 aromatic heterocycles. The lowest BCUT2D eigenvalue weighted by molar-refractivity contribution is -0.385. The van der Waals surface area contributed by atoms with Gasteiger partial charge in [0.1, 0.15) is 0 Å². The van der Waals surface area contributed by atoms with Crippen LogP contribution in [-0.4, -0.2) is 54.8 Å². The number of benzene rings is 1. The van der Waals surface area contributed by atoms with E-state index in [4.69, 9.17) is 0 Å². The molecular weight excluding hydrogens is 318 g/mol. The Hall–Kier alpha value is -1.77. The average molecular weight is 337 g/mol. The van der Waals surface area contributed by atoms with Crippen LogP contribution in [0.25, 0.3) is 0 Å². The lowest BCUT2D eigenvalue weighted by Crippen LogP contribution is -2.37. The number of hydrogen-bond acceptors (Lipinski definition) is 5. The molecule has 8 heteroatoms. The molecule has 1 aromatic rings. The van der Waals surface area contributed by atoms with E-state index in [1.807, 2.05) is 0 Å². The van der Waals surface area contributed by atoms with Gasteiger partial charge in [0.2, 0.25) is 10.0 Å². The normalized spacial score (nSPS) is 22.7. The van der Waals surface area contributed by atoms with Gasteiger partial charge in [-0.3, -0.25) is 15.0 Å². The van der Waals surface area contributed by atoms with Gasteiger partial charge in [0.25, 0.3) is 5.69 Å². The van der Waals surface area contributed by atoms with Gasteiger partial charge in [-0.1, -0.05) is 30.4 Å². The molecule has 2 heterocycles. The Morgan fingerprint density at radius 3 is 2.61 bits per heavy atom. The first kappa shape index (κ1) is 16.1. The minimum Gasteiger partial charge on any atom is -0.292 e. The molecule has 0 unspecified atom stereocenters. The van der Waals surface area contributed by atoms with Crippen LogP contribution in [0.15, 0.2) is 36.4 Å². The summed E-state index contributed by atoms with van der Waals surface area (Å²) in [7, 11) is -3.55. The fraction of sp³-hybridized carbons (Fsp3) is 0.467. The highest BCUT2D eigenvalue weighted by atomic mass is 32.2. The van der Waals surface area contributed by atoms with Crippen LogP contribution in [0.1, 0.15) is 12.0 Å². The molecule has 23 heavy (non-hydrogen) atoms. The maximum absolute atomic E-state index is 12.6. The molecule has 0 N–H and O–H groups in total. The first-order valence-corrected chi connectivity index (χ1v) is 9.17. The Kier molecular flexibility index (Phi) is 4.47. The number of rotatable bonds is 5. The van der Waals surface area contributed by atoms with Crippen LogP contribution in [0.5, 0.6) is 0 Å². The Morgan fingerprint density at radius 1 is 1.22 bits per heavy atom. The number of sulfonamides is 1. The molecule has 0 saturated carbocycles. The van der Waals surface area contributed by atoms with Crippen LogP contribution < -0.4 is 0 Å². The summed E-state index contributed by atoms with van der Waals surface area (Å²) in [6, 6.07) is 6.24. The molecule has 0 spiro atoms. The van der Waals surface area contributed by atoms with Crippen LogP contribution in [0.4, 0.5) is 5.69 Å². The first-order valence-electron chi connectivity index (χ1n) is 7.56. The minimum atomic E-state index is -3.55. The third kappa shape index (κ3) is 3.44. The van der Waals surface area contributed by atoms with Gasteiger partial charge in [-0.25, -0.2) is 12.7 Å². The largest absolute Gasteiger partial charge is 0.292 e. The quantitative estimate of drug-likeness (QED) is 0.460. The van der Waals surface area contributed by atoms with Crippen LogP contribution in [0.2, 0.25) is 0 Å². The Labute approximate surface area is 135 Å². The molecule has 1 aromatic carbocycles. The Bertz CT molecular complexity index is 724. The molecule has 1 atom stereocenters. The molecule has 0 bridgehead atoms. The second kappa shape index (κ2) is 6.38. The minimum absolute atomic E-state index is 0.143. The number of hydrogen-bond donors (Lipinski definition) is 0. The molecule has 124 valence electrons. The molecule has 1 saturated heterocycles. The highest BCUT2D eigenvalue weighted by Gasteiger charge is 2.35. The summed E-state index contributed by atoms with van der Waals surface area (Å²) in [6.07, 6.45) is 4.98. The SMILES string of the molecule is O=[N+]([O-])c1ccccc1CS(=O)(=O)N1CC[C@@H](N2CC=CC2)C1. The maximum Gasteiger partial charge on any atom is 0.273 e. The number of nitrogens with zero attached hydrogens (tertiary/aromatic N) is 3. The summed E-state index contributed by atoms with van der Waals surface area (Å²) in [5, 5.41) is 11.0. The summed E-state index contributed by atoms with van der Waals surface area (Å²) >= 11 is 0. The molecule has 7 nitrogen and oxygen atoms in total. The summed E-state index contributed by atoms with van der Waals surface area (Å²) < 4.78 is 26.7. The number of para-hydroxylation sites is 1. The third-order valence-corrected chi connectivity index (χ3v) is 6.20. The molecule has 0 amide bonds. The Morgan fingerprint density at radius 2 is 1.91 bits per heavy atom. The van der Waals surface area contributed by atoms with Gasteiger partial charge in [-0.05, 0) is 6.42 Å². The molecule has 0 aliphatic carbocycles. The maximum atomic E-state index is 12.6. The van der Waals surface area contributed by atoms with Crippen molar-refractivity contribution in [3.8, 4) is 0 Å². The van der Waals surface area contributed by atoms with E-state index in [1.54, 1.807) is 12.1 Å². The highest BCUT2D eigenvalue weighted by Crippen LogP contribution is 2.25. The summed E-state index contributed by atoms with van der Waals surface area (Å²) in [6.45, 7) is 2.67. The molecule has 3 rings (SSSR count). The first-order chi connectivity index (χ1) is 11.0. The number of nitro groups is 1. The summed E-state index contributed by atoms with van der Waals surface area (Å²) in [5.41, 5.74) is 0.0966. The van der Waals surface area contributed by atoms with Crippen LogP contribution in [0.3, 0.4) is 0 Å². The van der Waals surface area contributed by atoms with Crippen molar-refractivity contribution >= 4 is 15.7 Å². The fourth-order valence-corrected chi connectivity index (χ4v) is 4.76. The lowest BCUT2D eigenvalue weighted by atomic mass is 10.2. The lowest BCUT2D eigenvalue weighted by Gasteiger charge is -2.23. The number of nitro benzene ring substituents is 1. The van der Waals surface area contributed by atoms with Gasteiger partial charge < -0.3 is 0 Å². The van der Waals surface area contributed by atoms with Crippen molar-refractivity contribution in [3.05, 3.63) is 52.1 Å². The smallest absolute Gasteiger partial charge is 0.273 e.